The first-order valence-electron chi connectivity index (χ1n) is 30.3. The number of nitrogens with zero attached hydrogens (tertiary/aromatic N) is 8. The van der Waals surface area contributed by atoms with E-state index in [4.69, 9.17) is 38.9 Å². The molecule has 4 saturated heterocycles. The molecule has 0 aromatic heterocycles. The largest absolute Gasteiger partial charge is 2.00 e. The van der Waals surface area contributed by atoms with Gasteiger partial charge in [-0.1, -0.05) is 25.7 Å². The third kappa shape index (κ3) is 20.4. The van der Waals surface area contributed by atoms with Gasteiger partial charge < -0.3 is 59.0 Å². The van der Waals surface area contributed by atoms with Gasteiger partial charge in [0, 0.05) is 97.6 Å². The van der Waals surface area contributed by atoms with Gasteiger partial charge in [0.05, 0.1) is 49.2 Å². The Morgan fingerprint density at radius 1 is 0.313 bits per heavy atom. The fraction of sp³-hybridized carbons (Fsp3) is 0.485. The second-order valence-electron chi connectivity index (χ2n) is 22.2. The Kier molecular flexibility index (Phi) is 25.4. The summed E-state index contributed by atoms with van der Waals surface area (Å²) in [6.07, 6.45) is 25.0. The number of hydrogen-bond donors (Lipinski definition) is 4. The third-order valence-corrected chi connectivity index (χ3v) is 15.8. The van der Waals surface area contributed by atoms with E-state index in [2.05, 4.69) is 19.6 Å². The van der Waals surface area contributed by atoms with Crippen LogP contribution in [0.3, 0.4) is 0 Å². The van der Waals surface area contributed by atoms with Gasteiger partial charge in [-0.25, -0.2) is 0 Å². The van der Waals surface area contributed by atoms with Gasteiger partial charge in [-0.15, -0.1) is 0 Å². The van der Waals surface area contributed by atoms with Crippen LogP contribution in [0.4, 0.5) is 22.7 Å². The molecule has 0 saturated carbocycles. The number of ether oxygens (including phenoxy) is 4. The average Bonchev–Trinajstić information content (AvgIpc) is 3.50. The second-order valence-corrected chi connectivity index (χ2v) is 22.2. The van der Waals surface area contributed by atoms with Crippen molar-refractivity contribution >= 4 is 47.6 Å². The Labute approximate surface area is 501 Å². The minimum atomic E-state index is -0.000832. The maximum Gasteiger partial charge on any atom is 2.00 e. The van der Waals surface area contributed by atoms with Crippen molar-refractivity contribution < 1.29 is 55.9 Å². The molecule has 0 radical (unpaired) electrons. The number of aliphatic imine (C=N–C) groups is 4. The molecule has 0 aliphatic carbocycles. The zero-order valence-electron chi connectivity index (χ0n) is 48.3. The summed E-state index contributed by atoms with van der Waals surface area (Å²) in [7, 11) is 0. The number of phenolic OH excluding ortho intramolecular Hbond substituents is 4. The van der Waals surface area contributed by atoms with Crippen LogP contribution in [0.25, 0.3) is 0 Å². The van der Waals surface area contributed by atoms with Gasteiger partial charge in [0.25, 0.3) is 0 Å². The summed E-state index contributed by atoms with van der Waals surface area (Å²) in [6.45, 7) is 15.2. The molecule has 0 amide bonds. The maximum atomic E-state index is 11.3. The van der Waals surface area contributed by atoms with E-state index >= 15 is 0 Å². The number of piperidine rings is 4. The van der Waals surface area contributed by atoms with E-state index < -0.39 is 0 Å². The van der Waals surface area contributed by atoms with E-state index in [1.165, 1.54) is 77.0 Å². The molecule has 17 heteroatoms. The topological polar surface area (TPSA) is 180 Å². The Hall–Kier alpha value is -6.49. The van der Waals surface area contributed by atoms with Gasteiger partial charge in [0.2, 0.25) is 0 Å². The summed E-state index contributed by atoms with van der Waals surface area (Å²) in [5.74, 6) is 2.27. The van der Waals surface area contributed by atoms with Crippen LogP contribution in [-0.4, -0.2) is 170 Å². The van der Waals surface area contributed by atoms with Gasteiger partial charge in [-0.2, -0.15) is 0 Å². The average molecular weight is 1180 g/mol. The molecule has 16 nitrogen and oxygen atoms in total. The summed E-state index contributed by atoms with van der Waals surface area (Å²) in [4.78, 5) is 29.5. The number of rotatable bonds is 28. The summed E-state index contributed by atoms with van der Waals surface area (Å²) in [6, 6.07) is 24.2. The zero-order valence-corrected chi connectivity index (χ0v) is 49.3. The number of benzene rings is 5. The van der Waals surface area contributed by atoms with Gasteiger partial charge in [0.15, 0.2) is 0 Å². The van der Waals surface area contributed by atoms with Crippen LogP contribution in [0, 0.1) is 0 Å². The van der Waals surface area contributed by atoms with Crippen molar-refractivity contribution in [2.24, 2.45) is 20.0 Å². The first-order chi connectivity index (χ1) is 40.3. The fourth-order valence-electron chi connectivity index (χ4n) is 11.1. The smallest absolute Gasteiger partial charge is 0.507 e. The minimum absolute atomic E-state index is 0. The number of phenols is 4. The first kappa shape index (κ1) is 62.6. The molecule has 5 aromatic rings. The van der Waals surface area contributed by atoms with Crippen LogP contribution in [-0.2, 0) is 16.5 Å². The van der Waals surface area contributed by atoms with Crippen molar-refractivity contribution in [3.8, 4) is 46.0 Å². The van der Waals surface area contributed by atoms with Crippen molar-refractivity contribution in [3.05, 3.63) is 107 Å². The van der Waals surface area contributed by atoms with Gasteiger partial charge in [-0.05, 0) is 190 Å². The molecule has 0 unspecified atom stereocenters. The van der Waals surface area contributed by atoms with Crippen molar-refractivity contribution in [1.82, 2.24) is 19.6 Å². The van der Waals surface area contributed by atoms with E-state index in [9.17, 15) is 20.4 Å². The zero-order chi connectivity index (χ0) is 56.6. The molecule has 4 aliphatic rings. The monoisotopic (exact) mass is 1180 g/mol. The van der Waals surface area contributed by atoms with E-state index in [0.717, 1.165) is 104 Å². The molecular weight excluding hydrogens is 1090 g/mol. The summed E-state index contributed by atoms with van der Waals surface area (Å²) in [5, 5.41) is 45.1. The van der Waals surface area contributed by atoms with Crippen molar-refractivity contribution in [2.45, 2.75) is 103 Å². The van der Waals surface area contributed by atoms with Crippen LogP contribution in [0.2, 0.25) is 0 Å². The molecule has 0 bridgehead atoms. The standard InChI is InChI=1S/C66H86N8O8.Ni/c75-63-41-55(79-37-13-33-71-25-5-1-6-26-71)21-17-51(63)47-67-59-45-61(69-49-53-19-23-57(43-65(53)77)81-39-15-35-73-29-9-3-10-30-73)62(70-50-54-20-24-58(44-66(54)78)82-40-16-36-74-31-11-4-12-32-74)46-60(59)68-48-52-18-22-56(42-64(52)76)80-38-14-34-72-27-7-2-8-28-72;/h17-24,41-50,75-78H,1-16,25-40H2;/q;+2. The molecule has 0 spiro atoms. The van der Waals surface area contributed by atoms with Crippen LogP contribution >= 0.6 is 0 Å². The Balaban J connectivity index is 0.00000900. The quantitative estimate of drug-likeness (QED) is 0.0212. The van der Waals surface area contributed by atoms with Crippen molar-refractivity contribution in [2.75, 3.05) is 105 Å². The first-order valence-corrected chi connectivity index (χ1v) is 30.3. The number of aromatic hydroxyl groups is 4. The molecule has 4 aliphatic heterocycles. The van der Waals surface area contributed by atoms with Crippen LogP contribution in [0.5, 0.6) is 46.0 Å². The van der Waals surface area contributed by atoms with E-state index in [1.807, 2.05) is 24.3 Å². The van der Waals surface area contributed by atoms with Crippen molar-refractivity contribution in [3.63, 3.8) is 0 Å². The summed E-state index contributed by atoms with van der Waals surface area (Å²) < 4.78 is 24.2. The van der Waals surface area contributed by atoms with Crippen LogP contribution in [0.15, 0.2) is 105 Å². The van der Waals surface area contributed by atoms with E-state index in [1.54, 1.807) is 85.5 Å². The molecule has 4 heterocycles. The fourth-order valence-corrected chi connectivity index (χ4v) is 11.1. The molecule has 9 rings (SSSR count). The molecule has 83 heavy (non-hydrogen) atoms. The van der Waals surface area contributed by atoms with E-state index in [-0.39, 0.29) is 39.5 Å². The maximum absolute atomic E-state index is 11.3. The number of likely N-dealkylation sites (tertiary alicyclic amines) is 4. The van der Waals surface area contributed by atoms with Gasteiger partial charge >= 0.3 is 16.5 Å². The van der Waals surface area contributed by atoms with Crippen molar-refractivity contribution in [1.29, 1.82) is 0 Å². The Morgan fingerprint density at radius 3 is 0.735 bits per heavy atom. The molecule has 0 atom stereocenters. The van der Waals surface area contributed by atoms with Gasteiger partial charge in [-0.3, -0.25) is 20.0 Å². The SMILES string of the molecule is Oc1cc(OCCCN2CCCCC2)ccc1C=Nc1cc(N=Cc2ccc(OCCCN3CCCCC3)cc2O)c(N=Cc2ccc(OCCCN3CCCCC3)cc2O)cc1N=Cc1ccc(OCCCN2CCCCC2)cc1O.[Ni+2]. The van der Waals surface area contributed by atoms with Crippen LogP contribution in [0.1, 0.15) is 125 Å². The Morgan fingerprint density at radius 2 is 0.530 bits per heavy atom. The predicted molar refractivity (Wildman–Crippen MR) is 329 cm³/mol. The van der Waals surface area contributed by atoms with Crippen LogP contribution < -0.4 is 18.9 Å². The van der Waals surface area contributed by atoms with Gasteiger partial charge in [0.1, 0.15) is 46.0 Å². The second kappa shape index (κ2) is 33.7. The normalized spacial score (nSPS) is 17.0. The third-order valence-electron chi connectivity index (χ3n) is 15.8. The molecule has 5 aromatic carbocycles. The minimum Gasteiger partial charge on any atom is -0.507 e. The molecule has 4 fully saturated rings. The Bertz CT molecular complexity index is 2530. The molecule has 446 valence electrons. The number of hydrogen-bond acceptors (Lipinski definition) is 16. The predicted octanol–water partition coefficient (Wildman–Crippen LogP) is 12.5. The molecular formula is C66H86N8NiO8+2. The summed E-state index contributed by atoms with van der Waals surface area (Å²) in [5.41, 5.74) is 3.30. The van der Waals surface area contributed by atoms with E-state index in [0.29, 0.717) is 94.4 Å². The summed E-state index contributed by atoms with van der Waals surface area (Å²) >= 11 is 0. The molecule has 4 N–H and O–H groups in total.